The van der Waals surface area contributed by atoms with Gasteiger partial charge in [0.2, 0.25) is 0 Å². The van der Waals surface area contributed by atoms with Gasteiger partial charge in [-0.3, -0.25) is 24.0 Å². The van der Waals surface area contributed by atoms with Crippen molar-refractivity contribution in [3.05, 3.63) is 212 Å². The number of hydrogen-bond acceptors (Lipinski definition) is 10. The van der Waals surface area contributed by atoms with Gasteiger partial charge >= 0.3 is 5.97 Å². The first-order valence-electron chi connectivity index (χ1n) is 31.2. The van der Waals surface area contributed by atoms with E-state index in [9.17, 15) is 28.8 Å². The van der Waals surface area contributed by atoms with Gasteiger partial charge in [0.15, 0.2) is 11.6 Å². The van der Waals surface area contributed by atoms with Gasteiger partial charge < -0.3 is 25.4 Å². The van der Waals surface area contributed by atoms with Gasteiger partial charge in [0.1, 0.15) is 0 Å². The summed E-state index contributed by atoms with van der Waals surface area (Å²) >= 11 is 0. The molecule has 0 aromatic heterocycles. The topological polar surface area (TPSA) is 171 Å². The molecule has 0 spiro atoms. The van der Waals surface area contributed by atoms with Gasteiger partial charge in [0.25, 0.3) is 17.7 Å². The molecule has 7 rings (SSSR count). The number of ether oxygens (including phenoxy) is 2. The zero-order chi connectivity index (χ0) is 62.2. The number of benzene rings is 6. The number of nitrogens with two attached hydrogens (primary N) is 1. The summed E-state index contributed by atoms with van der Waals surface area (Å²) in [6.07, 6.45) is 10.5. The lowest BCUT2D eigenvalue weighted by atomic mass is 9.86. The smallest absolute Gasteiger partial charge is 0.363 e. The summed E-state index contributed by atoms with van der Waals surface area (Å²) in [6, 6.07) is 47.2. The molecule has 12 nitrogen and oxygen atoms in total. The molecule has 0 saturated carbocycles. The van der Waals surface area contributed by atoms with Crippen LogP contribution in [0.4, 0.5) is 0 Å². The standard InChI is InChI=1S/C35H45NO3.C31H31NO5.C8H19NO/c1-5-26(2)25-39-24-6-23-36-35(38)33-21-19-32(20-22-33)34(37)31(17-15-29-11-7-27(3)8-12-29)18-16-30-13-9-28(4)10-14-30;1-21-3-7-23(8-4-21)11-13-25(14-12-24-9-5-22(2)6-10-24)30(35)26-15-17-27(18-16-26)31(36)37-32-28(33)19-20-29(32)34;1-3-8(2)7-10-6-4-5-9/h7-14,19-22,26,31H,5-6,15-18,23-25H2,1-4H3,(H,36,38);3-10,15-18,25H,11-14,19-20H2,1-2H3;8H,3-7,9H2,1-2H3. The van der Waals surface area contributed by atoms with Gasteiger partial charge in [0.05, 0.1) is 5.56 Å². The fraction of sp³-hybridized carbons (Fsp3) is 0.432. The molecule has 3 amide bonds. The van der Waals surface area contributed by atoms with Gasteiger partial charge in [-0.2, -0.15) is 0 Å². The van der Waals surface area contributed by atoms with Crippen molar-refractivity contribution < 1.29 is 43.1 Å². The maximum atomic E-state index is 13.6. The van der Waals surface area contributed by atoms with Crippen molar-refractivity contribution in [2.45, 2.75) is 145 Å². The summed E-state index contributed by atoms with van der Waals surface area (Å²) in [7, 11) is 0. The molecular formula is C74H95N3O9. The molecule has 1 fully saturated rings. The molecular weight excluding hydrogens is 1070 g/mol. The molecule has 0 bridgehead atoms. The van der Waals surface area contributed by atoms with Crippen LogP contribution in [-0.2, 0) is 49.6 Å². The van der Waals surface area contributed by atoms with E-state index in [1.807, 2.05) is 0 Å². The number of hydrogen-bond donors (Lipinski definition) is 2. The fourth-order valence-corrected chi connectivity index (χ4v) is 9.49. The molecule has 6 aromatic rings. The number of carbonyl (C=O) groups is 6. The number of rotatable bonds is 32. The number of Topliss-reactive ketones (excluding diaryl/α,β-unsaturated/α-hetero) is 2. The van der Waals surface area contributed by atoms with Crippen LogP contribution in [-0.4, -0.2) is 79.8 Å². The molecule has 12 heteroatoms. The molecule has 1 aliphatic rings. The third kappa shape index (κ3) is 24.9. The van der Waals surface area contributed by atoms with Crippen LogP contribution in [0.3, 0.4) is 0 Å². The highest BCUT2D eigenvalue weighted by atomic mass is 16.7. The van der Waals surface area contributed by atoms with Crippen molar-refractivity contribution in [1.82, 2.24) is 10.4 Å². The molecule has 3 N–H and O–H groups in total. The minimum atomic E-state index is -0.808. The number of amides is 3. The van der Waals surface area contributed by atoms with E-state index < -0.39 is 17.8 Å². The van der Waals surface area contributed by atoms with Crippen molar-refractivity contribution in [2.24, 2.45) is 29.4 Å². The first-order valence-corrected chi connectivity index (χ1v) is 31.2. The van der Waals surface area contributed by atoms with Crippen molar-refractivity contribution >= 4 is 35.3 Å². The van der Waals surface area contributed by atoms with Crippen LogP contribution in [0.15, 0.2) is 146 Å². The van der Waals surface area contributed by atoms with Gasteiger partial charge in [-0.05, 0) is 157 Å². The second-order valence-corrected chi connectivity index (χ2v) is 23.3. The highest BCUT2D eigenvalue weighted by Gasteiger charge is 2.33. The average molecular weight is 1170 g/mol. The van der Waals surface area contributed by atoms with Gasteiger partial charge in [-0.15, -0.1) is 5.06 Å². The Balaban J connectivity index is 0.000000271. The van der Waals surface area contributed by atoms with E-state index in [0.29, 0.717) is 46.7 Å². The normalized spacial score (nSPS) is 12.7. The lowest BCUT2D eigenvalue weighted by Crippen LogP contribution is -2.32. The Labute approximate surface area is 513 Å². The maximum absolute atomic E-state index is 13.6. The lowest BCUT2D eigenvalue weighted by molar-refractivity contribution is -0.172. The molecule has 1 heterocycles. The molecule has 0 aliphatic carbocycles. The lowest BCUT2D eigenvalue weighted by Gasteiger charge is -2.17. The van der Waals surface area contributed by atoms with Gasteiger partial charge in [0, 0.05) is 74.3 Å². The number of ketones is 2. The van der Waals surface area contributed by atoms with Crippen LogP contribution in [0.25, 0.3) is 0 Å². The minimum Gasteiger partial charge on any atom is -0.381 e. The predicted octanol–water partition coefficient (Wildman–Crippen LogP) is 14.5. The Kier molecular flexibility index (Phi) is 30.6. The Morgan fingerprint density at radius 2 is 0.802 bits per heavy atom. The summed E-state index contributed by atoms with van der Waals surface area (Å²) < 4.78 is 11.0. The summed E-state index contributed by atoms with van der Waals surface area (Å²) in [5.41, 5.74) is 17.0. The average Bonchev–Trinajstić information content (AvgIpc) is 4.04. The monoisotopic (exact) mass is 1170 g/mol. The highest BCUT2D eigenvalue weighted by molar-refractivity contribution is 6.03. The zero-order valence-electron chi connectivity index (χ0n) is 52.5. The third-order valence-electron chi connectivity index (χ3n) is 15.8. The first-order chi connectivity index (χ1) is 41.5. The van der Waals surface area contributed by atoms with Crippen LogP contribution < -0.4 is 11.1 Å². The molecule has 86 heavy (non-hydrogen) atoms. The maximum Gasteiger partial charge on any atom is 0.363 e. The third-order valence-corrected chi connectivity index (χ3v) is 15.8. The van der Waals surface area contributed by atoms with Gasteiger partial charge in [-0.25, -0.2) is 4.79 Å². The van der Waals surface area contributed by atoms with Crippen LogP contribution >= 0.6 is 0 Å². The number of hydroxylamine groups is 2. The molecule has 0 radical (unpaired) electrons. The molecule has 6 aromatic carbocycles. The quantitative estimate of drug-likeness (QED) is 0.0235. The number of aryl methyl sites for hydroxylation is 8. The van der Waals surface area contributed by atoms with E-state index >= 15 is 0 Å². The molecule has 2 atom stereocenters. The molecule has 460 valence electrons. The number of carbonyl (C=O) groups excluding carboxylic acids is 6. The number of nitrogens with zero attached hydrogens (tertiary/aromatic N) is 1. The van der Waals surface area contributed by atoms with Crippen molar-refractivity contribution in [3.8, 4) is 0 Å². The van der Waals surface area contributed by atoms with E-state index in [0.717, 1.165) is 97.0 Å². The SMILES string of the molecule is CCC(C)COCCCN.CCC(C)COCCCNC(=O)c1ccc(C(=O)C(CCc2ccc(C)cc2)CCc2ccc(C)cc2)cc1.Cc1ccc(CCC(CCc2ccc(C)cc2)C(=O)c2ccc(C(=O)ON3C(=O)CCC3=O)cc2)cc1. The second-order valence-electron chi connectivity index (χ2n) is 23.3. The Morgan fingerprint density at radius 3 is 1.14 bits per heavy atom. The molecule has 2 unspecified atom stereocenters. The largest absolute Gasteiger partial charge is 0.381 e. The number of nitrogens with one attached hydrogen (secondary N) is 1. The Hall–Kier alpha value is -7.38. The van der Waals surface area contributed by atoms with Crippen LogP contribution in [0.5, 0.6) is 0 Å². The van der Waals surface area contributed by atoms with Gasteiger partial charge in [-0.1, -0.05) is 184 Å². The van der Waals surface area contributed by atoms with Crippen molar-refractivity contribution in [1.29, 1.82) is 0 Å². The van der Waals surface area contributed by atoms with Crippen LogP contribution in [0, 0.1) is 51.4 Å². The Morgan fingerprint density at radius 1 is 0.477 bits per heavy atom. The second kappa shape index (κ2) is 37.9. The van der Waals surface area contributed by atoms with E-state index in [1.54, 1.807) is 36.4 Å². The summed E-state index contributed by atoms with van der Waals surface area (Å²) in [5.74, 6) is -0.815. The van der Waals surface area contributed by atoms with E-state index in [4.69, 9.17) is 20.0 Å². The van der Waals surface area contributed by atoms with Crippen molar-refractivity contribution in [2.75, 3.05) is 39.5 Å². The van der Waals surface area contributed by atoms with E-state index in [-0.39, 0.29) is 47.7 Å². The zero-order valence-corrected chi connectivity index (χ0v) is 52.5. The molecule has 1 aliphatic heterocycles. The Bertz CT molecular complexity index is 2880. The van der Waals surface area contributed by atoms with E-state index in [2.05, 4.69) is 158 Å². The van der Waals surface area contributed by atoms with Crippen LogP contribution in [0.2, 0.25) is 0 Å². The highest BCUT2D eigenvalue weighted by Crippen LogP contribution is 2.25. The minimum absolute atomic E-state index is 0.0315. The fourth-order valence-electron chi connectivity index (χ4n) is 9.49. The summed E-state index contributed by atoms with van der Waals surface area (Å²) in [4.78, 5) is 80.5. The van der Waals surface area contributed by atoms with Crippen LogP contribution in [0.1, 0.15) is 178 Å². The van der Waals surface area contributed by atoms with E-state index in [1.165, 1.54) is 63.1 Å². The van der Waals surface area contributed by atoms with Crippen molar-refractivity contribution in [3.63, 3.8) is 0 Å². The summed E-state index contributed by atoms with van der Waals surface area (Å²) in [6.45, 7) is 21.4. The number of imide groups is 1. The predicted molar refractivity (Wildman–Crippen MR) is 344 cm³/mol. The molecule has 1 saturated heterocycles. The first kappa shape index (κ1) is 69.4. The summed E-state index contributed by atoms with van der Waals surface area (Å²) in [5, 5.41) is 3.47.